The lowest BCUT2D eigenvalue weighted by molar-refractivity contribution is 0.0696. The van der Waals surface area contributed by atoms with Crippen LogP contribution in [0.5, 0.6) is 0 Å². The summed E-state index contributed by atoms with van der Waals surface area (Å²) in [4.78, 5) is 24.3. The van der Waals surface area contributed by atoms with Crippen LogP contribution < -0.4 is 0 Å². The molecule has 0 fully saturated rings. The summed E-state index contributed by atoms with van der Waals surface area (Å²) < 4.78 is 5.23. The van der Waals surface area contributed by atoms with E-state index in [1.54, 1.807) is 25.2 Å². The van der Waals surface area contributed by atoms with Gasteiger partial charge in [0.05, 0.1) is 5.56 Å². The van der Waals surface area contributed by atoms with Crippen LogP contribution in [-0.4, -0.2) is 35.7 Å². The zero-order chi connectivity index (χ0) is 16.7. The van der Waals surface area contributed by atoms with E-state index in [0.29, 0.717) is 13.0 Å². The molecule has 23 heavy (non-hydrogen) atoms. The third-order valence-corrected chi connectivity index (χ3v) is 3.43. The Kier molecular flexibility index (Phi) is 5.74. The quantitative estimate of drug-likeness (QED) is 0.889. The van der Waals surface area contributed by atoms with Crippen LogP contribution in [0.3, 0.4) is 0 Å². The Morgan fingerprint density at radius 1 is 1.04 bits per heavy atom. The molecule has 0 spiro atoms. The van der Waals surface area contributed by atoms with Crippen molar-refractivity contribution in [1.29, 1.82) is 0 Å². The van der Waals surface area contributed by atoms with Gasteiger partial charge < -0.3 is 14.7 Å². The average Bonchev–Trinajstić information content (AvgIpc) is 2.58. The molecule has 0 saturated carbocycles. The third-order valence-electron chi connectivity index (χ3n) is 3.43. The number of carbonyl (C=O) groups is 2. The monoisotopic (exact) mass is 313 g/mol. The van der Waals surface area contributed by atoms with Crippen LogP contribution in [0.2, 0.25) is 0 Å². The average molecular weight is 313 g/mol. The first kappa shape index (κ1) is 16.5. The van der Waals surface area contributed by atoms with Crippen molar-refractivity contribution in [2.45, 2.75) is 13.0 Å². The number of hydrogen-bond donors (Lipinski definition) is 1. The van der Waals surface area contributed by atoms with E-state index in [1.807, 2.05) is 36.4 Å². The second-order valence-corrected chi connectivity index (χ2v) is 5.22. The Hall–Kier alpha value is -2.82. The van der Waals surface area contributed by atoms with Gasteiger partial charge in [-0.25, -0.2) is 9.59 Å². The molecule has 0 aliphatic carbocycles. The van der Waals surface area contributed by atoms with Crippen molar-refractivity contribution in [3.63, 3.8) is 0 Å². The van der Waals surface area contributed by atoms with E-state index >= 15 is 0 Å². The van der Waals surface area contributed by atoms with Gasteiger partial charge in [0.25, 0.3) is 0 Å². The van der Waals surface area contributed by atoms with Crippen molar-refractivity contribution < 1.29 is 19.4 Å². The minimum Gasteiger partial charge on any atom is -0.478 e. The number of benzene rings is 2. The topological polar surface area (TPSA) is 66.8 Å². The normalized spacial score (nSPS) is 10.1. The lowest BCUT2D eigenvalue weighted by Crippen LogP contribution is -2.29. The van der Waals surface area contributed by atoms with Gasteiger partial charge in [-0.15, -0.1) is 0 Å². The van der Waals surface area contributed by atoms with E-state index in [0.717, 1.165) is 11.1 Å². The zero-order valence-electron chi connectivity index (χ0n) is 12.9. The molecule has 2 aromatic carbocycles. The van der Waals surface area contributed by atoms with Crippen LogP contribution in [0.15, 0.2) is 54.6 Å². The van der Waals surface area contributed by atoms with Crippen molar-refractivity contribution >= 4 is 12.1 Å². The first-order valence-corrected chi connectivity index (χ1v) is 7.30. The Morgan fingerprint density at radius 3 is 2.43 bits per heavy atom. The summed E-state index contributed by atoms with van der Waals surface area (Å²) in [5, 5.41) is 8.97. The first-order chi connectivity index (χ1) is 11.1. The molecule has 5 nitrogen and oxygen atoms in total. The second kappa shape index (κ2) is 7.98. The molecule has 1 amide bonds. The van der Waals surface area contributed by atoms with E-state index < -0.39 is 12.1 Å². The maximum atomic E-state index is 11.9. The summed E-state index contributed by atoms with van der Waals surface area (Å²) in [7, 11) is 1.66. The Morgan fingerprint density at radius 2 is 1.74 bits per heavy atom. The lowest BCUT2D eigenvalue weighted by Gasteiger charge is -2.17. The SMILES string of the molecule is CN(CCc1cccc(C(=O)O)c1)C(=O)OCc1ccccc1. The van der Waals surface area contributed by atoms with Gasteiger partial charge in [-0.05, 0) is 29.7 Å². The minimum absolute atomic E-state index is 0.235. The number of carboxylic acid groups (broad SMARTS) is 1. The zero-order valence-corrected chi connectivity index (χ0v) is 12.9. The fourth-order valence-electron chi connectivity index (χ4n) is 2.08. The number of carboxylic acids is 1. The van der Waals surface area contributed by atoms with Gasteiger partial charge in [0.15, 0.2) is 0 Å². The highest BCUT2D eigenvalue weighted by Gasteiger charge is 2.11. The van der Waals surface area contributed by atoms with Crippen LogP contribution in [0.25, 0.3) is 0 Å². The molecule has 0 aliphatic heterocycles. The van der Waals surface area contributed by atoms with Gasteiger partial charge in [0.1, 0.15) is 6.61 Å². The molecule has 0 aliphatic rings. The van der Waals surface area contributed by atoms with Gasteiger partial charge in [0, 0.05) is 13.6 Å². The third kappa shape index (κ3) is 5.14. The van der Waals surface area contributed by atoms with Gasteiger partial charge in [-0.1, -0.05) is 42.5 Å². The molecule has 2 aromatic rings. The predicted molar refractivity (Wildman–Crippen MR) is 86.4 cm³/mol. The second-order valence-electron chi connectivity index (χ2n) is 5.22. The van der Waals surface area contributed by atoms with Crippen LogP contribution in [0, 0.1) is 0 Å². The van der Waals surface area contributed by atoms with Crippen LogP contribution >= 0.6 is 0 Å². The molecule has 0 atom stereocenters. The number of hydrogen-bond acceptors (Lipinski definition) is 3. The maximum Gasteiger partial charge on any atom is 0.409 e. The number of amides is 1. The first-order valence-electron chi connectivity index (χ1n) is 7.30. The molecule has 5 heteroatoms. The van der Waals surface area contributed by atoms with Gasteiger partial charge in [-0.2, -0.15) is 0 Å². The molecule has 0 aromatic heterocycles. The summed E-state index contributed by atoms with van der Waals surface area (Å²) in [6.45, 7) is 0.690. The van der Waals surface area contributed by atoms with Crippen molar-refractivity contribution in [3.05, 3.63) is 71.3 Å². The van der Waals surface area contributed by atoms with E-state index in [9.17, 15) is 9.59 Å². The molecule has 0 unspecified atom stereocenters. The summed E-state index contributed by atoms with van der Waals surface area (Å²) >= 11 is 0. The molecular formula is C18H19NO4. The van der Waals surface area contributed by atoms with Crippen molar-refractivity contribution in [2.75, 3.05) is 13.6 Å². The largest absolute Gasteiger partial charge is 0.478 e. The summed E-state index contributed by atoms with van der Waals surface area (Å²) in [6.07, 6.45) is 0.168. The van der Waals surface area contributed by atoms with E-state index in [4.69, 9.17) is 9.84 Å². The number of likely N-dealkylation sites (N-methyl/N-ethyl adjacent to an activating group) is 1. The molecule has 1 N–H and O–H groups in total. The molecule has 0 bridgehead atoms. The van der Waals surface area contributed by atoms with E-state index in [2.05, 4.69) is 0 Å². The van der Waals surface area contributed by atoms with Crippen molar-refractivity contribution in [3.8, 4) is 0 Å². The number of ether oxygens (including phenoxy) is 1. The number of nitrogens with zero attached hydrogens (tertiary/aromatic N) is 1. The molecular weight excluding hydrogens is 294 g/mol. The molecule has 0 saturated heterocycles. The standard InChI is InChI=1S/C18H19NO4/c1-19(18(22)23-13-15-6-3-2-4-7-15)11-10-14-8-5-9-16(12-14)17(20)21/h2-9,12H,10-11,13H2,1H3,(H,20,21). The van der Waals surface area contributed by atoms with Gasteiger partial charge in [0.2, 0.25) is 0 Å². The van der Waals surface area contributed by atoms with Crippen molar-refractivity contribution in [2.24, 2.45) is 0 Å². The van der Waals surface area contributed by atoms with Crippen LogP contribution in [0.4, 0.5) is 4.79 Å². The fourth-order valence-corrected chi connectivity index (χ4v) is 2.08. The fraction of sp³-hybridized carbons (Fsp3) is 0.222. The number of rotatable bonds is 6. The summed E-state index contributed by atoms with van der Waals surface area (Å²) in [6, 6.07) is 16.2. The predicted octanol–water partition coefficient (Wildman–Crippen LogP) is 3.20. The van der Waals surface area contributed by atoms with Crippen LogP contribution in [0.1, 0.15) is 21.5 Å². The van der Waals surface area contributed by atoms with Crippen LogP contribution in [-0.2, 0) is 17.8 Å². The van der Waals surface area contributed by atoms with E-state index in [1.165, 1.54) is 4.90 Å². The number of carbonyl (C=O) groups excluding carboxylic acids is 1. The molecule has 120 valence electrons. The highest BCUT2D eigenvalue weighted by Crippen LogP contribution is 2.08. The molecule has 2 rings (SSSR count). The Bertz CT molecular complexity index is 670. The molecule has 0 radical (unpaired) electrons. The lowest BCUT2D eigenvalue weighted by atomic mass is 10.1. The Labute approximate surface area is 135 Å². The van der Waals surface area contributed by atoms with Crippen molar-refractivity contribution in [1.82, 2.24) is 4.90 Å². The summed E-state index contributed by atoms with van der Waals surface area (Å²) in [5.74, 6) is -0.956. The highest BCUT2D eigenvalue weighted by atomic mass is 16.6. The minimum atomic E-state index is -0.956. The van der Waals surface area contributed by atoms with Gasteiger partial charge in [-0.3, -0.25) is 0 Å². The van der Waals surface area contributed by atoms with Gasteiger partial charge >= 0.3 is 12.1 Å². The molecule has 0 heterocycles. The Balaban J connectivity index is 1.82. The number of aromatic carboxylic acids is 1. The highest BCUT2D eigenvalue weighted by molar-refractivity contribution is 5.87. The smallest absolute Gasteiger partial charge is 0.409 e. The van der Waals surface area contributed by atoms with E-state index in [-0.39, 0.29) is 12.2 Å². The summed E-state index contributed by atoms with van der Waals surface area (Å²) in [5.41, 5.74) is 2.05. The maximum absolute atomic E-state index is 11.9.